The third kappa shape index (κ3) is 5.68. The lowest BCUT2D eigenvalue weighted by atomic mass is 9.97. The van der Waals surface area contributed by atoms with Gasteiger partial charge in [0.15, 0.2) is 0 Å². The second-order valence-electron chi connectivity index (χ2n) is 5.44. The molecule has 0 spiro atoms. The van der Waals surface area contributed by atoms with Crippen molar-refractivity contribution < 1.29 is 9.53 Å². The van der Waals surface area contributed by atoms with E-state index in [9.17, 15) is 4.79 Å². The molecule has 2 N–H and O–H groups in total. The average Bonchev–Trinajstić information content (AvgIpc) is 2.28. The van der Waals surface area contributed by atoms with Gasteiger partial charge in [-0.05, 0) is 29.7 Å². The predicted octanol–water partition coefficient (Wildman–Crippen LogP) is 2.27. The van der Waals surface area contributed by atoms with Crippen LogP contribution in [0.25, 0.3) is 0 Å². The van der Waals surface area contributed by atoms with E-state index in [4.69, 9.17) is 4.74 Å². The van der Waals surface area contributed by atoms with E-state index in [0.29, 0.717) is 6.54 Å². The summed E-state index contributed by atoms with van der Waals surface area (Å²) in [5.74, 6) is 0.739. The highest BCUT2D eigenvalue weighted by Crippen LogP contribution is 2.14. The highest BCUT2D eigenvalue weighted by atomic mass is 16.5. The third-order valence-corrected chi connectivity index (χ3v) is 2.31. The molecular formula is C14H22N2O2. The first-order chi connectivity index (χ1) is 8.40. The lowest BCUT2D eigenvalue weighted by Crippen LogP contribution is -2.33. The van der Waals surface area contributed by atoms with Crippen molar-refractivity contribution >= 4 is 11.6 Å². The van der Waals surface area contributed by atoms with E-state index in [-0.39, 0.29) is 11.3 Å². The molecule has 0 radical (unpaired) electrons. The summed E-state index contributed by atoms with van der Waals surface area (Å²) in [5.41, 5.74) is 0.957. The molecule has 0 saturated carbocycles. The van der Waals surface area contributed by atoms with Crippen LogP contribution in [0, 0.1) is 5.41 Å². The van der Waals surface area contributed by atoms with Crippen molar-refractivity contribution in [3.05, 3.63) is 24.3 Å². The summed E-state index contributed by atoms with van der Waals surface area (Å²) in [6.07, 6.45) is 0. The molecule has 0 fully saturated rings. The lowest BCUT2D eigenvalue weighted by Gasteiger charge is -2.18. The molecule has 18 heavy (non-hydrogen) atoms. The molecule has 1 rings (SSSR count). The third-order valence-electron chi connectivity index (χ3n) is 2.31. The fraction of sp³-hybridized carbons (Fsp3) is 0.500. The van der Waals surface area contributed by atoms with Crippen LogP contribution in [-0.4, -0.2) is 26.1 Å². The zero-order chi connectivity index (χ0) is 13.6. The quantitative estimate of drug-likeness (QED) is 0.843. The molecule has 0 aliphatic rings. The minimum absolute atomic E-state index is 0.0376. The number of benzene rings is 1. The van der Waals surface area contributed by atoms with E-state index in [2.05, 4.69) is 31.4 Å². The van der Waals surface area contributed by atoms with Gasteiger partial charge in [0.2, 0.25) is 5.91 Å². The molecule has 1 aromatic rings. The fourth-order valence-electron chi connectivity index (χ4n) is 1.43. The van der Waals surface area contributed by atoms with Crippen molar-refractivity contribution in [1.82, 2.24) is 5.32 Å². The summed E-state index contributed by atoms with van der Waals surface area (Å²) >= 11 is 0. The van der Waals surface area contributed by atoms with Gasteiger partial charge in [0.1, 0.15) is 5.75 Å². The maximum atomic E-state index is 11.6. The van der Waals surface area contributed by atoms with E-state index in [0.717, 1.165) is 18.0 Å². The summed E-state index contributed by atoms with van der Waals surface area (Å²) in [7, 11) is 1.62. The minimum Gasteiger partial charge on any atom is -0.497 e. The number of nitrogens with one attached hydrogen (secondary N) is 2. The first kappa shape index (κ1) is 14.5. The van der Waals surface area contributed by atoms with Gasteiger partial charge in [0, 0.05) is 12.2 Å². The number of amides is 1. The Morgan fingerprint density at radius 2 is 1.83 bits per heavy atom. The number of carbonyl (C=O) groups is 1. The normalized spacial score (nSPS) is 11.1. The smallest absolute Gasteiger partial charge is 0.238 e. The first-order valence-electron chi connectivity index (χ1n) is 6.05. The van der Waals surface area contributed by atoms with Crippen LogP contribution in [0.1, 0.15) is 20.8 Å². The van der Waals surface area contributed by atoms with Crippen LogP contribution in [0.15, 0.2) is 24.3 Å². The van der Waals surface area contributed by atoms with E-state index in [1.54, 1.807) is 7.11 Å². The zero-order valence-electron chi connectivity index (χ0n) is 11.5. The Morgan fingerprint density at radius 1 is 1.22 bits per heavy atom. The molecule has 100 valence electrons. The number of methoxy groups -OCH3 is 1. The topological polar surface area (TPSA) is 50.4 Å². The highest BCUT2D eigenvalue weighted by Gasteiger charge is 2.10. The van der Waals surface area contributed by atoms with Crippen LogP contribution >= 0.6 is 0 Å². The monoisotopic (exact) mass is 250 g/mol. The van der Waals surface area contributed by atoms with E-state index in [1.165, 1.54) is 0 Å². The van der Waals surface area contributed by atoms with Gasteiger partial charge in [0.25, 0.3) is 0 Å². The molecule has 0 heterocycles. The Balaban J connectivity index is 2.35. The van der Waals surface area contributed by atoms with Gasteiger partial charge in [0.05, 0.1) is 13.7 Å². The van der Waals surface area contributed by atoms with E-state index >= 15 is 0 Å². The molecule has 0 aromatic heterocycles. The van der Waals surface area contributed by atoms with E-state index < -0.39 is 0 Å². The van der Waals surface area contributed by atoms with Crippen LogP contribution in [-0.2, 0) is 4.79 Å². The largest absolute Gasteiger partial charge is 0.497 e. The summed E-state index contributed by atoms with van der Waals surface area (Å²) in [6, 6.07) is 7.28. The SMILES string of the molecule is COc1ccc(NC(=O)CNCC(C)(C)C)cc1. The minimum atomic E-state index is -0.0376. The number of ether oxygens (including phenoxy) is 1. The van der Waals surface area contributed by atoms with Gasteiger partial charge in [-0.1, -0.05) is 20.8 Å². The molecule has 4 heteroatoms. The maximum Gasteiger partial charge on any atom is 0.238 e. The molecule has 0 aliphatic carbocycles. The van der Waals surface area contributed by atoms with Crippen molar-refractivity contribution in [2.24, 2.45) is 5.41 Å². The Hall–Kier alpha value is -1.55. The van der Waals surface area contributed by atoms with Gasteiger partial charge < -0.3 is 15.4 Å². The molecule has 1 amide bonds. The Labute approximate surface area is 109 Å². The molecule has 0 aliphatic heterocycles. The molecule has 0 bridgehead atoms. The second kappa shape index (κ2) is 6.40. The molecule has 0 atom stereocenters. The molecular weight excluding hydrogens is 228 g/mol. The summed E-state index contributed by atoms with van der Waals surface area (Å²) in [6.45, 7) is 7.51. The number of rotatable bonds is 5. The van der Waals surface area contributed by atoms with Crippen molar-refractivity contribution in [1.29, 1.82) is 0 Å². The highest BCUT2D eigenvalue weighted by molar-refractivity contribution is 5.92. The molecule has 1 aromatic carbocycles. The van der Waals surface area contributed by atoms with Gasteiger partial charge in [-0.3, -0.25) is 4.79 Å². The molecule has 4 nitrogen and oxygen atoms in total. The van der Waals surface area contributed by atoms with Crippen LogP contribution in [0.4, 0.5) is 5.69 Å². The van der Waals surface area contributed by atoms with Crippen LogP contribution in [0.2, 0.25) is 0 Å². The Bertz CT molecular complexity index is 380. The van der Waals surface area contributed by atoms with E-state index in [1.807, 2.05) is 24.3 Å². The summed E-state index contributed by atoms with van der Waals surface area (Å²) < 4.78 is 5.05. The summed E-state index contributed by atoms with van der Waals surface area (Å²) in [4.78, 5) is 11.6. The second-order valence-corrected chi connectivity index (χ2v) is 5.44. The van der Waals surface area contributed by atoms with Crippen LogP contribution in [0.5, 0.6) is 5.75 Å². The van der Waals surface area contributed by atoms with Crippen molar-refractivity contribution in [3.8, 4) is 5.75 Å². The summed E-state index contributed by atoms with van der Waals surface area (Å²) in [5, 5.41) is 5.95. The first-order valence-corrected chi connectivity index (χ1v) is 6.05. The Kier molecular flexibility index (Phi) is 5.16. The zero-order valence-corrected chi connectivity index (χ0v) is 11.5. The predicted molar refractivity (Wildman–Crippen MR) is 73.9 cm³/mol. The number of anilines is 1. The van der Waals surface area contributed by atoms with Gasteiger partial charge >= 0.3 is 0 Å². The van der Waals surface area contributed by atoms with Crippen molar-refractivity contribution in [2.45, 2.75) is 20.8 Å². The number of carbonyl (C=O) groups excluding carboxylic acids is 1. The number of hydrogen-bond donors (Lipinski definition) is 2. The van der Waals surface area contributed by atoms with Gasteiger partial charge in [-0.2, -0.15) is 0 Å². The molecule has 0 unspecified atom stereocenters. The van der Waals surface area contributed by atoms with Crippen molar-refractivity contribution in [3.63, 3.8) is 0 Å². The van der Waals surface area contributed by atoms with Crippen molar-refractivity contribution in [2.75, 3.05) is 25.5 Å². The number of hydrogen-bond acceptors (Lipinski definition) is 3. The molecule has 0 saturated heterocycles. The fourth-order valence-corrected chi connectivity index (χ4v) is 1.43. The standard InChI is InChI=1S/C14H22N2O2/c1-14(2,3)10-15-9-13(17)16-11-5-7-12(18-4)8-6-11/h5-8,15H,9-10H2,1-4H3,(H,16,17). The van der Waals surface area contributed by atoms with Crippen LogP contribution in [0.3, 0.4) is 0 Å². The maximum absolute atomic E-state index is 11.6. The Morgan fingerprint density at radius 3 is 2.33 bits per heavy atom. The van der Waals surface area contributed by atoms with Crippen LogP contribution < -0.4 is 15.4 Å². The lowest BCUT2D eigenvalue weighted by molar-refractivity contribution is -0.115. The van der Waals surface area contributed by atoms with Gasteiger partial charge in [-0.25, -0.2) is 0 Å². The average molecular weight is 250 g/mol. The van der Waals surface area contributed by atoms with Gasteiger partial charge in [-0.15, -0.1) is 0 Å².